The van der Waals surface area contributed by atoms with E-state index in [1.54, 1.807) is 0 Å². The number of sulfonamides is 1. The van der Waals surface area contributed by atoms with E-state index in [2.05, 4.69) is 48.8 Å². The molecule has 6 N–H and O–H groups in total. The maximum Gasteiger partial charge on any atom is 0.413 e. The van der Waals surface area contributed by atoms with Gasteiger partial charge in [-0.25, -0.2) is 18.2 Å². The number of anilines is 1. The van der Waals surface area contributed by atoms with E-state index in [0.717, 1.165) is 18.5 Å². The van der Waals surface area contributed by atoms with Gasteiger partial charge in [0, 0.05) is 13.1 Å². The minimum Gasteiger partial charge on any atom is -0.453 e. The van der Waals surface area contributed by atoms with Crippen LogP contribution in [0.15, 0.2) is 53.4 Å². The molecule has 1 fully saturated rings. The Morgan fingerprint density at radius 1 is 1.13 bits per heavy atom. The zero-order chi connectivity index (χ0) is 34.6. The molecule has 1 aromatic heterocycles. The lowest BCUT2D eigenvalue weighted by atomic mass is 10.0. The number of ether oxygens (including phenoxy) is 1. The Bertz CT molecular complexity index is 1620. The third kappa shape index (κ3) is 10.5. The van der Waals surface area contributed by atoms with Crippen LogP contribution in [-0.2, 0) is 30.8 Å². The van der Waals surface area contributed by atoms with Gasteiger partial charge in [0.25, 0.3) is 0 Å². The van der Waals surface area contributed by atoms with Crippen molar-refractivity contribution in [2.24, 2.45) is 5.92 Å². The van der Waals surface area contributed by atoms with Crippen LogP contribution in [0.3, 0.4) is 0 Å². The average Bonchev–Trinajstić information content (AvgIpc) is 3.74. The van der Waals surface area contributed by atoms with Gasteiger partial charge in [-0.05, 0) is 55.5 Å². The highest BCUT2D eigenvalue weighted by molar-refractivity contribution is 7.89. The molecule has 14 nitrogen and oxygen atoms in total. The lowest BCUT2D eigenvalue weighted by Crippen LogP contribution is -2.53. The van der Waals surface area contributed by atoms with Gasteiger partial charge in [0.1, 0.15) is 0 Å². The highest BCUT2D eigenvalue weighted by atomic mass is 32.2. The van der Waals surface area contributed by atoms with Crippen molar-refractivity contribution in [3.05, 3.63) is 54.1 Å². The molecule has 0 saturated carbocycles. The normalized spacial score (nSPS) is 15.8. The maximum atomic E-state index is 13.9. The fourth-order valence-corrected chi connectivity index (χ4v) is 6.78. The standard InChI is InChI=1S/C30H41N7O7S.C2H2/c1-19(2)17-37(45(42,43)21-11-12-22-24(15-21)35-29(34-22)36-30(41)44-3)18-26(38)25(14-20-8-5-4-6-9-20)33-27(39)16-32-28(40)23-10-7-13-31-23;1-2/h4-6,8-9,11-12,15,19,23,25-26,31,38H,7,10,13-14,16-18H2,1-3H3,(H,32,40)(H,33,39)(H2,34,35,36,41);1-2H/t23-,25-,26+;/m0./s1. The van der Waals surface area contributed by atoms with Gasteiger partial charge in [0.15, 0.2) is 0 Å². The predicted octanol–water partition coefficient (Wildman–Crippen LogP) is 1.59. The van der Waals surface area contributed by atoms with Gasteiger partial charge in [0.05, 0.1) is 47.8 Å². The number of nitrogens with zero attached hydrogens (tertiary/aromatic N) is 2. The van der Waals surface area contributed by atoms with Gasteiger partial charge in [-0.1, -0.05) is 44.2 Å². The van der Waals surface area contributed by atoms with Crippen LogP contribution in [-0.4, -0.2) is 97.2 Å². The lowest BCUT2D eigenvalue weighted by Gasteiger charge is -2.31. The van der Waals surface area contributed by atoms with Crippen LogP contribution in [0.4, 0.5) is 10.7 Å². The fourth-order valence-electron chi connectivity index (χ4n) is 5.13. The van der Waals surface area contributed by atoms with Crippen LogP contribution < -0.4 is 21.3 Å². The first kappa shape index (κ1) is 37.0. The SMILES string of the molecule is C#C.COC(=O)Nc1nc2ccc(S(=O)(=O)N(CC(C)C)C[C@@H](O)[C@H](Cc3ccccc3)NC(=O)CNC(=O)[C@@H]3CCCN3)cc2[nH]1. The first-order valence-corrected chi connectivity index (χ1v) is 16.6. The highest BCUT2D eigenvalue weighted by Crippen LogP contribution is 2.24. The van der Waals surface area contributed by atoms with E-state index in [-0.39, 0.29) is 54.8 Å². The van der Waals surface area contributed by atoms with Gasteiger partial charge in [0.2, 0.25) is 27.8 Å². The number of carbonyl (C=O) groups is 3. The molecule has 1 aliphatic rings. The summed E-state index contributed by atoms with van der Waals surface area (Å²) in [6.07, 6.45) is 7.79. The molecule has 0 spiro atoms. The third-order valence-corrected chi connectivity index (χ3v) is 9.19. The number of aromatic amines is 1. The van der Waals surface area contributed by atoms with Crippen molar-refractivity contribution in [1.29, 1.82) is 0 Å². The largest absolute Gasteiger partial charge is 0.453 e. The number of aliphatic hydroxyl groups excluding tert-OH is 1. The Hall–Kier alpha value is -4.49. The number of methoxy groups -OCH3 is 1. The molecule has 3 aromatic rings. The molecule has 4 rings (SSSR count). The highest BCUT2D eigenvalue weighted by Gasteiger charge is 2.32. The second-order valence-electron chi connectivity index (χ2n) is 11.4. The van der Waals surface area contributed by atoms with E-state index in [4.69, 9.17) is 0 Å². The Kier molecular flexibility index (Phi) is 13.7. The molecule has 0 unspecified atom stereocenters. The zero-order valence-corrected chi connectivity index (χ0v) is 27.5. The lowest BCUT2D eigenvalue weighted by molar-refractivity contribution is -0.127. The summed E-state index contributed by atoms with van der Waals surface area (Å²) in [4.78, 5) is 43.9. The number of fused-ring (bicyclic) bond motifs is 1. The number of aromatic nitrogens is 2. The fraction of sp³-hybridized carbons (Fsp3) is 0.438. The molecule has 3 atom stereocenters. The number of carbonyl (C=O) groups excluding carboxylic acids is 3. The summed E-state index contributed by atoms with van der Waals surface area (Å²) >= 11 is 0. The molecular formula is C32H43N7O7S. The number of benzene rings is 2. The van der Waals surface area contributed by atoms with Crippen molar-refractivity contribution in [2.45, 2.75) is 56.2 Å². The number of imidazole rings is 1. The van der Waals surface area contributed by atoms with Gasteiger partial charge >= 0.3 is 6.09 Å². The van der Waals surface area contributed by atoms with Crippen LogP contribution in [0.2, 0.25) is 0 Å². The summed E-state index contributed by atoms with van der Waals surface area (Å²) in [6.45, 7) is 4.00. The molecule has 2 aromatic carbocycles. The molecule has 0 radical (unpaired) electrons. The molecule has 0 aliphatic carbocycles. The van der Waals surface area contributed by atoms with Crippen molar-refractivity contribution < 1.29 is 32.6 Å². The first-order valence-electron chi connectivity index (χ1n) is 15.2. The van der Waals surface area contributed by atoms with Gasteiger partial charge in [-0.3, -0.25) is 14.9 Å². The van der Waals surface area contributed by atoms with E-state index >= 15 is 0 Å². The molecule has 0 bridgehead atoms. The molecule has 47 heavy (non-hydrogen) atoms. The van der Waals surface area contributed by atoms with Crippen molar-refractivity contribution in [2.75, 3.05) is 38.6 Å². The summed E-state index contributed by atoms with van der Waals surface area (Å²) < 4.78 is 33.6. The summed E-state index contributed by atoms with van der Waals surface area (Å²) in [6, 6.07) is 12.4. The van der Waals surface area contributed by atoms with E-state index in [0.29, 0.717) is 17.5 Å². The molecule has 1 aliphatic heterocycles. The number of terminal acetylenes is 1. The Labute approximate surface area is 275 Å². The van der Waals surface area contributed by atoms with Gasteiger partial charge in [-0.2, -0.15) is 4.31 Å². The molecule has 1 saturated heterocycles. The maximum absolute atomic E-state index is 13.9. The molecular weight excluding hydrogens is 626 g/mol. The molecule has 15 heteroatoms. The average molecular weight is 670 g/mol. The number of nitrogens with one attached hydrogen (secondary N) is 5. The third-order valence-electron chi connectivity index (χ3n) is 7.37. The monoisotopic (exact) mass is 669 g/mol. The molecule has 3 amide bonds. The number of aliphatic hydroxyl groups is 1. The van der Waals surface area contributed by atoms with Crippen LogP contribution in [0.1, 0.15) is 32.3 Å². The summed E-state index contributed by atoms with van der Waals surface area (Å²) in [5.41, 5.74) is 1.63. The number of rotatable bonds is 14. The van der Waals surface area contributed by atoms with Gasteiger partial charge < -0.3 is 30.8 Å². The number of amides is 3. The van der Waals surface area contributed by atoms with Crippen LogP contribution in [0.5, 0.6) is 0 Å². The van der Waals surface area contributed by atoms with Crippen molar-refractivity contribution >= 4 is 44.9 Å². The van der Waals surface area contributed by atoms with Gasteiger partial charge in [-0.15, -0.1) is 12.8 Å². The smallest absolute Gasteiger partial charge is 0.413 e. The van der Waals surface area contributed by atoms with Crippen molar-refractivity contribution in [3.8, 4) is 12.8 Å². The van der Waals surface area contributed by atoms with Crippen molar-refractivity contribution in [3.63, 3.8) is 0 Å². The number of H-pyrrole nitrogens is 1. The van der Waals surface area contributed by atoms with E-state index in [1.165, 1.54) is 29.6 Å². The minimum atomic E-state index is -4.13. The Morgan fingerprint density at radius 3 is 2.49 bits per heavy atom. The predicted molar refractivity (Wildman–Crippen MR) is 178 cm³/mol. The number of hydrogen-bond acceptors (Lipinski definition) is 9. The second kappa shape index (κ2) is 17.4. The number of hydrogen-bond donors (Lipinski definition) is 6. The first-order chi connectivity index (χ1) is 22.5. The quantitative estimate of drug-likeness (QED) is 0.138. The summed E-state index contributed by atoms with van der Waals surface area (Å²) in [5, 5.41) is 22.4. The van der Waals surface area contributed by atoms with E-state index in [1.807, 2.05) is 44.2 Å². The van der Waals surface area contributed by atoms with Crippen LogP contribution in [0, 0.1) is 18.8 Å². The summed E-state index contributed by atoms with van der Waals surface area (Å²) in [5.74, 6) is -0.753. The van der Waals surface area contributed by atoms with Crippen molar-refractivity contribution in [1.82, 2.24) is 30.2 Å². The minimum absolute atomic E-state index is 0.0389. The molecule has 2 heterocycles. The van der Waals surface area contributed by atoms with Crippen LogP contribution >= 0.6 is 0 Å². The Balaban J connectivity index is 0.00000294. The second-order valence-corrected chi connectivity index (χ2v) is 13.3. The van der Waals surface area contributed by atoms with E-state index in [9.17, 15) is 27.9 Å². The zero-order valence-electron chi connectivity index (χ0n) is 26.7. The summed E-state index contributed by atoms with van der Waals surface area (Å²) in [7, 11) is -2.92. The Morgan fingerprint density at radius 2 is 1.85 bits per heavy atom. The topological polar surface area (TPSA) is 195 Å². The van der Waals surface area contributed by atoms with E-state index < -0.39 is 34.2 Å². The molecule has 254 valence electrons. The van der Waals surface area contributed by atoms with Crippen LogP contribution in [0.25, 0.3) is 11.0 Å².